The SMILES string of the molecule is CCOP(C)(=O)CCC(C#N)NCc1ccc(OC)cc1. The molecule has 1 aromatic carbocycles. The maximum atomic E-state index is 12.0. The van der Waals surface area contributed by atoms with Crippen molar-refractivity contribution in [2.45, 2.75) is 25.9 Å². The molecule has 5 nitrogen and oxygen atoms in total. The van der Waals surface area contributed by atoms with Crippen molar-refractivity contribution < 1.29 is 13.8 Å². The zero-order chi connectivity index (χ0) is 15.7. The van der Waals surface area contributed by atoms with Crippen molar-refractivity contribution in [2.75, 3.05) is 26.5 Å². The van der Waals surface area contributed by atoms with E-state index in [1.165, 1.54) is 0 Å². The lowest BCUT2D eigenvalue weighted by atomic mass is 10.2. The summed E-state index contributed by atoms with van der Waals surface area (Å²) in [6.45, 7) is 4.46. The van der Waals surface area contributed by atoms with Crippen LogP contribution in [-0.4, -0.2) is 32.6 Å². The molecular formula is C15H23N2O3P. The molecule has 0 aliphatic heterocycles. The summed E-state index contributed by atoms with van der Waals surface area (Å²) in [4.78, 5) is 0. The molecular weight excluding hydrogens is 287 g/mol. The highest BCUT2D eigenvalue weighted by atomic mass is 31.2. The van der Waals surface area contributed by atoms with E-state index in [4.69, 9.17) is 14.5 Å². The summed E-state index contributed by atoms with van der Waals surface area (Å²) in [5.74, 6) is 0.805. The largest absolute Gasteiger partial charge is 0.497 e. The zero-order valence-corrected chi connectivity index (χ0v) is 13.7. The lowest BCUT2D eigenvalue weighted by molar-refractivity contribution is 0.335. The quantitative estimate of drug-likeness (QED) is 0.710. The first kappa shape index (κ1) is 17.7. The van der Waals surface area contributed by atoms with Crippen LogP contribution in [-0.2, 0) is 15.6 Å². The maximum Gasteiger partial charge on any atom is 0.200 e. The predicted octanol–water partition coefficient (Wildman–Crippen LogP) is 3.01. The van der Waals surface area contributed by atoms with E-state index in [1.807, 2.05) is 31.2 Å². The van der Waals surface area contributed by atoms with E-state index in [1.54, 1.807) is 13.8 Å². The van der Waals surface area contributed by atoms with E-state index in [9.17, 15) is 4.57 Å². The van der Waals surface area contributed by atoms with Gasteiger partial charge >= 0.3 is 0 Å². The summed E-state index contributed by atoms with van der Waals surface area (Å²) >= 11 is 0. The van der Waals surface area contributed by atoms with E-state index in [0.717, 1.165) is 11.3 Å². The predicted molar refractivity (Wildman–Crippen MR) is 83.9 cm³/mol. The summed E-state index contributed by atoms with van der Waals surface area (Å²) in [5.41, 5.74) is 1.07. The van der Waals surface area contributed by atoms with Gasteiger partial charge in [0.05, 0.1) is 25.8 Å². The fourth-order valence-electron chi connectivity index (χ4n) is 1.90. The van der Waals surface area contributed by atoms with Crippen LogP contribution in [0.1, 0.15) is 18.9 Å². The van der Waals surface area contributed by atoms with Gasteiger partial charge in [-0.05, 0) is 31.0 Å². The number of nitriles is 1. The molecule has 6 heteroatoms. The second-order valence-corrected chi connectivity index (χ2v) is 7.59. The second kappa shape index (κ2) is 8.84. The van der Waals surface area contributed by atoms with E-state index in [-0.39, 0.29) is 6.04 Å². The lowest BCUT2D eigenvalue weighted by Crippen LogP contribution is -2.28. The van der Waals surface area contributed by atoms with Crippen LogP contribution in [0.2, 0.25) is 0 Å². The molecule has 21 heavy (non-hydrogen) atoms. The molecule has 1 N–H and O–H groups in total. The Bertz CT molecular complexity index is 511. The van der Waals surface area contributed by atoms with Crippen molar-refractivity contribution in [3.05, 3.63) is 29.8 Å². The first-order valence-corrected chi connectivity index (χ1v) is 9.23. The maximum absolute atomic E-state index is 12.0. The molecule has 0 saturated carbocycles. The third kappa shape index (κ3) is 6.77. The molecule has 0 spiro atoms. The Morgan fingerprint density at radius 2 is 2.05 bits per heavy atom. The smallest absolute Gasteiger partial charge is 0.200 e. The third-order valence-corrected chi connectivity index (χ3v) is 4.97. The molecule has 0 saturated heterocycles. The van der Waals surface area contributed by atoms with E-state index < -0.39 is 7.37 Å². The van der Waals surface area contributed by atoms with Gasteiger partial charge in [0, 0.05) is 19.4 Å². The van der Waals surface area contributed by atoms with Crippen molar-refractivity contribution in [1.82, 2.24) is 5.32 Å². The molecule has 0 aliphatic carbocycles. The van der Waals surface area contributed by atoms with Crippen LogP contribution < -0.4 is 10.1 Å². The zero-order valence-electron chi connectivity index (χ0n) is 12.8. The number of rotatable bonds is 9. The normalized spacial score (nSPS) is 15.0. The van der Waals surface area contributed by atoms with Gasteiger partial charge in [0.2, 0.25) is 0 Å². The highest BCUT2D eigenvalue weighted by Gasteiger charge is 2.18. The average molecular weight is 310 g/mol. The first-order chi connectivity index (χ1) is 10.0. The van der Waals surface area contributed by atoms with Crippen LogP contribution in [0.4, 0.5) is 0 Å². The Morgan fingerprint density at radius 3 is 2.57 bits per heavy atom. The van der Waals surface area contributed by atoms with Crippen LogP contribution in [0, 0.1) is 11.3 Å². The van der Waals surface area contributed by atoms with Crippen molar-refractivity contribution >= 4 is 7.37 Å². The van der Waals surface area contributed by atoms with Crippen LogP contribution >= 0.6 is 7.37 Å². The number of benzene rings is 1. The highest BCUT2D eigenvalue weighted by Crippen LogP contribution is 2.42. The molecule has 2 unspecified atom stereocenters. The molecule has 0 bridgehead atoms. The van der Waals surface area contributed by atoms with Crippen LogP contribution in [0.15, 0.2) is 24.3 Å². The minimum Gasteiger partial charge on any atom is -0.497 e. The minimum atomic E-state index is -2.57. The van der Waals surface area contributed by atoms with Crippen LogP contribution in [0.25, 0.3) is 0 Å². The Hall–Kier alpha value is -1.34. The molecule has 0 aliphatic rings. The minimum absolute atomic E-state index is 0.333. The fraction of sp³-hybridized carbons (Fsp3) is 0.533. The summed E-state index contributed by atoms with van der Waals surface area (Å²) in [5, 5.41) is 12.3. The monoisotopic (exact) mass is 310 g/mol. The number of methoxy groups -OCH3 is 1. The van der Waals surface area contributed by atoms with Gasteiger partial charge in [-0.15, -0.1) is 0 Å². The molecule has 0 heterocycles. The highest BCUT2D eigenvalue weighted by molar-refractivity contribution is 7.58. The topological polar surface area (TPSA) is 71.4 Å². The Morgan fingerprint density at radius 1 is 1.38 bits per heavy atom. The van der Waals surface area contributed by atoms with Gasteiger partial charge in [-0.2, -0.15) is 5.26 Å². The summed E-state index contributed by atoms with van der Waals surface area (Å²) in [7, 11) is -0.948. The molecule has 0 aromatic heterocycles. The standard InChI is InChI=1S/C15H23N2O3P/c1-4-20-21(3,18)10-9-14(11-16)17-12-13-5-7-15(19-2)8-6-13/h5-8,14,17H,4,9-10,12H2,1-3H3. The number of ether oxygens (including phenoxy) is 1. The van der Waals surface area contributed by atoms with E-state index in [0.29, 0.717) is 25.7 Å². The van der Waals surface area contributed by atoms with Gasteiger partial charge in [0.1, 0.15) is 5.75 Å². The molecule has 0 radical (unpaired) electrons. The molecule has 116 valence electrons. The first-order valence-electron chi connectivity index (χ1n) is 6.97. The van der Waals surface area contributed by atoms with E-state index in [2.05, 4.69) is 11.4 Å². The number of hydrogen-bond acceptors (Lipinski definition) is 5. The number of hydrogen-bond donors (Lipinski definition) is 1. The van der Waals surface area contributed by atoms with Gasteiger partial charge in [0.25, 0.3) is 0 Å². The molecule has 2 atom stereocenters. The fourth-order valence-corrected chi connectivity index (χ4v) is 3.30. The van der Waals surface area contributed by atoms with Gasteiger partial charge in [-0.1, -0.05) is 12.1 Å². The Kier molecular flexibility index (Phi) is 7.45. The van der Waals surface area contributed by atoms with Crippen molar-refractivity contribution in [3.63, 3.8) is 0 Å². The lowest BCUT2D eigenvalue weighted by Gasteiger charge is -2.16. The Labute approximate surface area is 126 Å². The van der Waals surface area contributed by atoms with Crippen LogP contribution in [0.5, 0.6) is 5.75 Å². The van der Waals surface area contributed by atoms with Crippen LogP contribution in [0.3, 0.4) is 0 Å². The summed E-state index contributed by atoms with van der Waals surface area (Å²) < 4.78 is 22.3. The third-order valence-electron chi connectivity index (χ3n) is 3.09. The van der Waals surface area contributed by atoms with Gasteiger partial charge in [-0.3, -0.25) is 9.88 Å². The summed E-state index contributed by atoms with van der Waals surface area (Å²) in [6, 6.07) is 9.53. The number of nitrogens with zero attached hydrogens (tertiary/aromatic N) is 1. The molecule has 0 amide bonds. The number of nitrogens with one attached hydrogen (secondary N) is 1. The summed E-state index contributed by atoms with van der Waals surface area (Å²) in [6.07, 6.45) is 0.926. The van der Waals surface area contributed by atoms with Crippen molar-refractivity contribution in [3.8, 4) is 11.8 Å². The van der Waals surface area contributed by atoms with Gasteiger partial charge in [0.15, 0.2) is 7.37 Å². The molecule has 0 fully saturated rings. The molecule has 1 aromatic rings. The van der Waals surface area contributed by atoms with E-state index >= 15 is 0 Å². The van der Waals surface area contributed by atoms with Gasteiger partial charge < -0.3 is 9.26 Å². The van der Waals surface area contributed by atoms with Gasteiger partial charge in [-0.25, -0.2) is 0 Å². The second-order valence-electron chi connectivity index (χ2n) is 4.85. The molecule has 1 rings (SSSR count). The average Bonchev–Trinajstić information content (AvgIpc) is 2.48. The van der Waals surface area contributed by atoms with Crippen molar-refractivity contribution in [1.29, 1.82) is 5.26 Å². The van der Waals surface area contributed by atoms with Crippen molar-refractivity contribution in [2.24, 2.45) is 0 Å². The Balaban J connectivity index is 2.43.